The molecule has 0 N–H and O–H groups in total. The molecule has 1 heterocycles. The van der Waals surface area contributed by atoms with Crippen molar-refractivity contribution in [3.63, 3.8) is 0 Å². The van der Waals surface area contributed by atoms with Gasteiger partial charge in [-0.05, 0) is 36.2 Å². The number of ether oxygens (including phenoxy) is 1. The molecule has 0 unspecified atom stereocenters. The SMILES string of the molecule is CCc1cccc(-n2c(C(=O)OC)nc3ccccc32)c1. The van der Waals surface area contributed by atoms with Crippen molar-refractivity contribution >= 4 is 17.0 Å². The van der Waals surface area contributed by atoms with Gasteiger partial charge >= 0.3 is 5.97 Å². The van der Waals surface area contributed by atoms with Crippen molar-refractivity contribution in [1.82, 2.24) is 9.55 Å². The number of hydrogen-bond donors (Lipinski definition) is 0. The number of esters is 1. The topological polar surface area (TPSA) is 44.1 Å². The van der Waals surface area contributed by atoms with Crippen molar-refractivity contribution in [2.45, 2.75) is 13.3 Å². The van der Waals surface area contributed by atoms with E-state index in [2.05, 4.69) is 24.0 Å². The average Bonchev–Trinajstić information content (AvgIpc) is 2.93. The first kappa shape index (κ1) is 13.4. The molecule has 0 aliphatic carbocycles. The lowest BCUT2D eigenvalue weighted by Crippen LogP contribution is -2.10. The first-order valence-electron chi connectivity index (χ1n) is 6.89. The number of carbonyl (C=O) groups excluding carboxylic acids is 1. The first-order chi connectivity index (χ1) is 10.2. The van der Waals surface area contributed by atoms with Crippen molar-refractivity contribution in [3.8, 4) is 5.69 Å². The number of imidazole rings is 1. The lowest BCUT2D eigenvalue weighted by atomic mass is 10.1. The molecule has 4 heteroatoms. The Balaban J connectivity index is 2.30. The van der Waals surface area contributed by atoms with Gasteiger partial charge in [0.15, 0.2) is 0 Å². The minimum Gasteiger partial charge on any atom is -0.463 e. The van der Waals surface area contributed by atoms with Gasteiger partial charge in [0.05, 0.1) is 18.1 Å². The van der Waals surface area contributed by atoms with Crippen molar-refractivity contribution in [3.05, 3.63) is 59.9 Å². The van der Waals surface area contributed by atoms with Gasteiger partial charge in [0.25, 0.3) is 0 Å². The highest BCUT2D eigenvalue weighted by Gasteiger charge is 2.19. The zero-order valence-corrected chi connectivity index (χ0v) is 12.0. The monoisotopic (exact) mass is 280 g/mol. The van der Waals surface area contributed by atoms with Crippen molar-refractivity contribution < 1.29 is 9.53 Å². The van der Waals surface area contributed by atoms with Crippen LogP contribution in [0.5, 0.6) is 0 Å². The van der Waals surface area contributed by atoms with Gasteiger partial charge in [-0.15, -0.1) is 0 Å². The highest BCUT2D eigenvalue weighted by atomic mass is 16.5. The van der Waals surface area contributed by atoms with Crippen LogP contribution >= 0.6 is 0 Å². The summed E-state index contributed by atoms with van der Waals surface area (Å²) in [5.74, 6) is -0.139. The molecule has 2 aromatic carbocycles. The molecular weight excluding hydrogens is 264 g/mol. The van der Waals surface area contributed by atoms with E-state index in [-0.39, 0.29) is 0 Å². The summed E-state index contributed by atoms with van der Waals surface area (Å²) in [4.78, 5) is 16.4. The first-order valence-corrected chi connectivity index (χ1v) is 6.89. The highest BCUT2D eigenvalue weighted by Crippen LogP contribution is 2.22. The largest absolute Gasteiger partial charge is 0.463 e. The Morgan fingerprint density at radius 1 is 1.19 bits per heavy atom. The zero-order chi connectivity index (χ0) is 14.8. The van der Waals surface area contributed by atoms with Gasteiger partial charge in [-0.1, -0.05) is 31.2 Å². The predicted octanol–water partition coefficient (Wildman–Crippen LogP) is 3.37. The summed E-state index contributed by atoms with van der Waals surface area (Å²) in [6.45, 7) is 2.10. The van der Waals surface area contributed by atoms with Crippen LogP contribution in [-0.2, 0) is 11.2 Å². The molecule has 0 saturated carbocycles. The summed E-state index contributed by atoms with van der Waals surface area (Å²) >= 11 is 0. The number of hydrogen-bond acceptors (Lipinski definition) is 3. The van der Waals surface area contributed by atoms with Gasteiger partial charge in [-0.25, -0.2) is 9.78 Å². The van der Waals surface area contributed by atoms with Crippen LogP contribution in [0.3, 0.4) is 0 Å². The second kappa shape index (κ2) is 5.40. The third kappa shape index (κ3) is 2.29. The molecule has 4 nitrogen and oxygen atoms in total. The van der Waals surface area contributed by atoms with Crippen LogP contribution in [0.2, 0.25) is 0 Å². The van der Waals surface area contributed by atoms with E-state index >= 15 is 0 Å². The number of benzene rings is 2. The minimum atomic E-state index is -0.437. The number of nitrogens with zero attached hydrogens (tertiary/aromatic N) is 2. The Labute approximate surface area is 123 Å². The Morgan fingerprint density at radius 3 is 2.76 bits per heavy atom. The van der Waals surface area contributed by atoms with E-state index in [1.54, 1.807) is 0 Å². The van der Waals surface area contributed by atoms with E-state index in [1.807, 2.05) is 41.0 Å². The molecule has 106 valence electrons. The molecule has 1 aromatic heterocycles. The third-order valence-corrected chi connectivity index (χ3v) is 3.51. The summed E-state index contributed by atoms with van der Waals surface area (Å²) in [6, 6.07) is 15.8. The van der Waals surface area contributed by atoms with Gasteiger partial charge in [0.1, 0.15) is 0 Å². The fourth-order valence-electron chi connectivity index (χ4n) is 2.43. The Kier molecular flexibility index (Phi) is 3.44. The smallest absolute Gasteiger partial charge is 0.374 e. The number of aromatic nitrogens is 2. The molecule has 21 heavy (non-hydrogen) atoms. The van der Waals surface area contributed by atoms with E-state index in [1.165, 1.54) is 12.7 Å². The normalized spacial score (nSPS) is 10.8. The molecule has 0 amide bonds. The number of methoxy groups -OCH3 is 1. The number of para-hydroxylation sites is 2. The van der Waals surface area contributed by atoms with Crippen molar-refractivity contribution in [2.24, 2.45) is 0 Å². The molecule has 0 radical (unpaired) electrons. The van der Waals surface area contributed by atoms with Gasteiger partial charge in [-0.2, -0.15) is 0 Å². The van der Waals surface area contributed by atoms with Crippen molar-refractivity contribution in [2.75, 3.05) is 7.11 Å². The second-order valence-electron chi connectivity index (χ2n) is 4.77. The van der Waals surface area contributed by atoms with E-state index in [4.69, 9.17) is 4.74 Å². The highest BCUT2D eigenvalue weighted by molar-refractivity contribution is 5.92. The fourth-order valence-corrected chi connectivity index (χ4v) is 2.43. The van der Waals surface area contributed by atoms with Crippen LogP contribution in [0.4, 0.5) is 0 Å². The molecule has 0 aliphatic rings. The third-order valence-electron chi connectivity index (χ3n) is 3.51. The van der Waals surface area contributed by atoms with Gasteiger partial charge in [0, 0.05) is 5.69 Å². The minimum absolute atomic E-state index is 0.298. The molecular formula is C17H16N2O2. The van der Waals surface area contributed by atoms with Gasteiger partial charge in [-0.3, -0.25) is 4.57 Å². The molecule has 0 saturated heterocycles. The van der Waals surface area contributed by atoms with Crippen LogP contribution in [0, 0.1) is 0 Å². The summed E-state index contributed by atoms with van der Waals surface area (Å²) in [5.41, 5.74) is 3.80. The van der Waals surface area contributed by atoms with E-state index in [0.717, 1.165) is 23.1 Å². The predicted molar refractivity (Wildman–Crippen MR) is 81.8 cm³/mol. The molecule has 0 bridgehead atoms. The van der Waals surface area contributed by atoms with Gasteiger partial charge in [0.2, 0.25) is 5.82 Å². The van der Waals surface area contributed by atoms with Crippen LogP contribution in [0.25, 0.3) is 16.7 Å². The van der Waals surface area contributed by atoms with E-state index in [9.17, 15) is 4.79 Å². The van der Waals surface area contributed by atoms with E-state index < -0.39 is 5.97 Å². The van der Waals surface area contributed by atoms with Crippen molar-refractivity contribution in [1.29, 1.82) is 0 Å². The van der Waals surface area contributed by atoms with Crippen LogP contribution in [0.15, 0.2) is 48.5 Å². The molecule has 0 spiro atoms. The lowest BCUT2D eigenvalue weighted by molar-refractivity contribution is 0.0585. The summed E-state index contributed by atoms with van der Waals surface area (Å²) < 4.78 is 6.71. The van der Waals surface area contributed by atoms with Gasteiger partial charge < -0.3 is 4.74 Å². The summed E-state index contributed by atoms with van der Waals surface area (Å²) in [6.07, 6.45) is 0.939. The Morgan fingerprint density at radius 2 is 2.00 bits per heavy atom. The summed E-state index contributed by atoms with van der Waals surface area (Å²) in [7, 11) is 1.37. The van der Waals surface area contributed by atoms with Crippen LogP contribution < -0.4 is 0 Å². The number of aryl methyl sites for hydroxylation is 1. The Bertz CT molecular complexity index is 805. The molecule has 0 aliphatic heterocycles. The number of carbonyl (C=O) groups is 1. The van der Waals surface area contributed by atoms with E-state index in [0.29, 0.717) is 5.82 Å². The maximum absolute atomic E-state index is 12.0. The molecule has 3 aromatic rings. The number of fused-ring (bicyclic) bond motifs is 1. The molecule has 0 fully saturated rings. The Hall–Kier alpha value is -2.62. The second-order valence-corrected chi connectivity index (χ2v) is 4.77. The maximum atomic E-state index is 12.0. The summed E-state index contributed by atoms with van der Waals surface area (Å²) in [5, 5.41) is 0. The average molecular weight is 280 g/mol. The number of rotatable bonds is 3. The fraction of sp³-hybridized carbons (Fsp3) is 0.176. The lowest BCUT2D eigenvalue weighted by Gasteiger charge is -2.09. The zero-order valence-electron chi connectivity index (χ0n) is 12.0. The van der Waals surface area contributed by atoms with Crippen LogP contribution in [0.1, 0.15) is 23.1 Å². The molecule has 0 atom stereocenters. The molecule has 3 rings (SSSR count). The van der Waals surface area contributed by atoms with Crippen LogP contribution in [-0.4, -0.2) is 22.6 Å². The quantitative estimate of drug-likeness (QED) is 0.691. The maximum Gasteiger partial charge on any atom is 0.374 e. The standard InChI is InChI=1S/C17H16N2O2/c1-3-12-7-6-8-13(11-12)19-15-10-5-4-9-14(15)18-16(19)17(20)21-2/h4-11H,3H2,1-2H3.